The highest BCUT2D eigenvalue weighted by Crippen LogP contribution is 2.16. The van der Waals surface area contributed by atoms with Gasteiger partial charge in [-0.05, 0) is 37.3 Å². The van der Waals surface area contributed by atoms with Crippen molar-refractivity contribution in [3.63, 3.8) is 0 Å². The summed E-state index contributed by atoms with van der Waals surface area (Å²) < 4.78 is 5.61. The summed E-state index contributed by atoms with van der Waals surface area (Å²) in [6.07, 6.45) is 3.19. The van der Waals surface area contributed by atoms with Crippen molar-refractivity contribution < 1.29 is 14.6 Å². The highest BCUT2D eigenvalue weighted by molar-refractivity contribution is 5.75. The summed E-state index contributed by atoms with van der Waals surface area (Å²) in [6, 6.07) is 7.78. The number of nitrogens with one attached hydrogen (secondary N) is 1. The molecular weight excluding hydrogens is 266 g/mol. The van der Waals surface area contributed by atoms with Crippen molar-refractivity contribution in [2.75, 3.05) is 19.8 Å². The summed E-state index contributed by atoms with van der Waals surface area (Å²) in [5.41, 5.74) is 1.07. The Labute approximate surface area is 127 Å². The Kier molecular flexibility index (Phi) is 8.51. The summed E-state index contributed by atoms with van der Waals surface area (Å²) in [5.74, 6) is 1.19. The lowest BCUT2D eigenvalue weighted by atomic mass is 10.0. The second-order valence-corrected chi connectivity index (χ2v) is 5.34. The third-order valence-electron chi connectivity index (χ3n) is 3.50. The maximum Gasteiger partial charge on any atom is 0.223 e. The lowest BCUT2D eigenvalue weighted by molar-refractivity contribution is -0.121. The van der Waals surface area contributed by atoms with Gasteiger partial charge in [-0.25, -0.2) is 0 Å². The molecule has 0 fully saturated rings. The van der Waals surface area contributed by atoms with Gasteiger partial charge in [-0.1, -0.05) is 31.5 Å². The molecule has 0 radical (unpaired) electrons. The third-order valence-corrected chi connectivity index (χ3v) is 3.50. The zero-order valence-corrected chi connectivity index (χ0v) is 13.1. The van der Waals surface area contributed by atoms with Crippen LogP contribution in [0.1, 0.15) is 38.2 Å². The maximum absolute atomic E-state index is 11.8. The average Bonchev–Trinajstić information content (AvgIpc) is 2.47. The van der Waals surface area contributed by atoms with Crippen LogP contribution in [0.5, 0.6) is 5.75 Å². The molecule has 1 aromatic rings. The van der Waals surface area contributed by atoms with Crippen LogP contribution in [0.2, 0.25) is 0 Å². The van der Waals surface area contributed by atoms with E-state index in [1.54, 1.807) is 0 Å². The van der Waals surface area contributed by atoms with Crippen molar-refractivity contribution in [1.29, 1.82) is 0 Å². The van der Waals surface area contributed by atoms with Crippen molar-refractivity contribution in [3.05, 3.63) is 29.8 Å². The minimum Gasteiger partial charge on any atom is -0.493 e. The van der Waals surface area contributed by atoms with E-state index in [0.717, 1.165) is 30.6 Å². The molecule has 0 heterocycles. The van der Waals surface area contributed by atoms with Crippen LogP contribution in [-0.4, -0.2) is 30.8 Å². The van der Waals surface area contributed by atoms with Gasteiger partial charge in [-0.3, -0.25) is 4.79 Å². The second kappa shape index (κ2) is 10.2. The molecule has 118 valence electrons. The zero-order chi connectivity index (χ0) is 15.5. The summed E-state index contributed by atoms with van der Waals surface area (Å²) in [5, 5.41) is 11.9. The molecule has 0 saturated heterocycles. The number of rotatable bonds is 10. The predicted octanol–water partition coefficient (Wildman–Crippen LogP) is 2.68. The molecule has 4 heteroatoms. The highest BCUT2D eigenvalue weighted by atomic mass is 16.5. The van der Waals surface area contributed by atoms with E-state index in [4.69, 9.17) is 9.84 Å². The number of hydrogen-bond donors (Lipinski definition) is 2. The van der Waals surface area contributed by atoms with Crippen LogP contribution in [-0.2, 0) is 4.79 Å². The number of aliphatic hydroxyl groups excluding tert-OH is 1. The van der Waals surface area contributed by atoms with Gasteiger partial charge in [-0.2, -0.15) is 0 Å². The van der Waals surface area contributed by atoms with Gasteiger partial charge in [0.1, 0.15) is 5.75 Å². The molecule has 0 aliphatic rings. The topological polar surface area (TPSA) is 58.6 Å². The minimum absolute atomic E-state index is 0.00243. The van der Waals surface area contributed by atoms with Crippen LogP contribution in [0.4, 0.5) is 0 Å². The molecular formula is C17H27NO3. The van der Waals surface area contributed by atoms with Gasteiger partial charge < -0.3 is 15.2 Å². The van der Waals surface area contributed by atoms with Gasteiger partial charge in [0.2, 0.25) is 5.91 Å². The van der Waals surface area contributed by atoms with Crippen LogP contribution in [0.25, 0.3) is 0 Å². The van der Waals surface area contributed by atoms with Crippen molar-refractivity contribution in [2.24, 2.45) is 5.92 Å². The molecule has 1 rings (SSSR count). The quantitative estimate of drug-likeness (QED) is 0.697. The smallest absolute Gasteiger partial charge is 0.223 e. The molecule has 0 aliphatic heterocycles. The first kappa shape index (κ1) is 17.5. The first-order chi connectivity index (χ1) is 10.2. The molecule has 2 N–H and O–H groups in total. The third kappa shape index (κ3) is 7.14. The van der Waals surface area contributed by atoms with E-state index in [-0.39, 0.29) is 12.5 Å². The lowest BCUT2D eigenvalue weighted by Crippen LogP contribution is -2.30. The van der Waals surface area contributed by atoms with Gasteiger partial charge in [0.15, 0.2) is 0 Å². The van der Waals surface area contributed by atoms with E-state index in [2.05, 4.69) is 12.2 Å². The Balaban J connectivity index is 2.23. The Bertz CT molecular complexity index is 414. The van der Waals surface area contributed by atoms with E-state index in [9.17, 15) is 4.79 Å². The van der Waals surface area contributed by atoms with Crippen LogP contribution in [0.15, 0.2) is 24.3 Å². The van der Waals surface area contributed by atoms with E-state index in [1.165, 1.54) is 0 Å². The summed E-state index contributed by atoms with van der Waals surface area (Å²) in [6.45, 7) is 5.30. The van der Waals surface area contributed by atoms with E-state index in [0.29, 0.717) is 25.5 Å². The van der Waals surface area contributed by atoms with Gasteiger partial charge in [0.05, 0.1) is 13.0 Å². The Hall–Kier alpha value is -1.55. The Morgan fingerprint density at radius 1 is 1.33 bits per heavy atom. The lowest BCUT2D eigenvalue weighted by Gasteiger charge is -2.15. The Morgan fingerprint density at radius 2 is 2.10 bits per heavy atom. The fourth-order valence-electron chi connectivity index (χ4n) is 2.26. The molecule has 1 amide bonds. The number of hydrogen-bond acceptors (Lipinski definition) is 3. The molecule has 1 unspecified atom stereocenters. The highest BCUT2D eigenvalue weighted by Gasteiger charge is 2.09. The second-order valence-electron chi connectivity index (χ2n) is 5.34. The molecule has 4 nitrogen and oxygen atoms in total. The standard InChI is InChI=1S/C17H27NO3/c1-3-6-15(9-11-19)13-18-17(20)10-12-21-16-8-5-4-7-14(16)2/h4-5,7-8,15,19H,3,6,9-13H2,1-2H3,(H,18,20). The van der Waals surface area contributed by atoms with Crippen molar-refractivity contribution >= 4 is 5.91 Å². The molecule has 1 aromatic carbocycles. The number of aliphatic hydroxyl groups is 1. The number of ether oxygens (including phenoxy) is 1. The molecule has 1 atom stereocenters. The van der Waals surface area contributed by atoms with Crippen LogP contribution in [0, 0.1) is 12.8 Å². The van der Waals surface area contributed by atoms with Crippen LogP contribution >= 0.6 is 0 Å². The summed E-state index contributed by atoms with van der Waals surface area (Å²) in [7, 11) is 0. The first-order valence-corrected chi connectivity index (χ1v) is 7.73. The average molecular weight is 293 g/mol. The number of aryl methyl sites for hydroxylation is 1. The summed E-state index contributed by atoms with van der Waals surface area (Å²) >= 11 is 0. The van der Waals surface area contributed by atoms with Gasteiger partial charge in [0, 0.05) is 13.2 Å². The van der Waals surface area contributed by atoms with Gasteiger partial charge in [-0.15, -0.1) is 0 Å². The molecule has 0 aliphatic carbocycles. The SMILES string of the molecule is CCCC(CCO)CNC(=O)CCOc1ccccc1C. The monoisotopic (exact) mass is 293 g/mol. The predicted molar refractivity (Wildman–Crippen MR) is 84.4 cm³/mol. The van der Waals surface area contributed by atoms with Crippen molar-refractivity contribution in [1.82, 2.24) is 5.32 Å². The molecule has 0 bridgehead atoms. The molecule has 0 saturated carbocycles. The number of para-hydroxylation sites is 1. The number of carbonyl (C=O) groups excluding carboxylic acids is 1. The largest absolute Gasteiger partial charge is 0.493 e. The first-order valence-electron chi connectivity index (χ1n) is 7.73. The molecule has 0 aromatic heterocycles. The number of benzene rings is 1. The fraction of sp³-hybridized carbons (Fsp3) is 0.588. The van der Waals surface area contributed by atoms with Crippen LogP contribution < -0.4 is 10.1 Å². The fourth-order valence-corrected chi connectivity index (χ4v) is 2.26. The van der Waals surface area contributed by atoms with Gasteiger partial charge in [0.25, 0.3) is 0 Å². The van der Waals surface area contributed by atoms with E-state index < -0.39 is 0 Å². The number of carbonyl (C=O) groups is 1. The van der Waals surface area contributed by atoms with Gasteiger partial charge >= 0.3 is 0 Å². The van der Waals surface area contributed by atoms with Crippen molar-refractivity contribution in [3.8, 4) is 5.75 Å². The normalized spacial score (nSPS) is 12.0. The maximum atomic E-state index is 11.8. The van der Waals surface area contributed by atoms with E-state index in [1.807, 2.05) is 31.2 Å². The summed E-state index contributed by atoms with van der Waals surface area (Å²) in [4.78, 5) is 11.8. The molecule has 21 heavy (non-hydrogen) atoms. The van der Waals surface area contributed by atoms with Crippen molar-refractivity contribution in [2.45, 2.75) is 39.5 Å². The van der Waals surface area contributed by atoms with Crippen LogP contribution in [0.3, 0.4) is 0 Å². The van der Waals surface area contributed by atoms with E-state index >= 15 is 0 Å². The minimum atomic E-state index is 0.00243. The zero-order valence-electron chi connectivity index (χ0n) is 13.1. The number of amides is 1. The molecule has 0 spiro atoms. The Morgan fingerprint density at radius 3 is 2.76 bits per heavy atom.